The molecule has 2 aliphatic heterocycles. The molecular formula is C19H26N4O. The van der Waals surface area contributed by atoms with Crippen LogP contribution in [0.3, 0.4) is 0 Å². The third kappa shape index (κ3) is 2.94. The maximum absolute atomic E-state index is 5.45. The summed E-state index contributed by atoms with van der Waals surface area (Å²) in [6, 6.07) is 9.56. The van der Waals surface area contributed by atoms with Gasteiger partial charge in [-0.1, -0.05) is 12.1 Å². The molecule has 3 heterocycles. The summed E-state index contributed by atoms with van der Waals surface area (Å²) in [5, 5.41) is 0. The highest BCUT2D eigenvalue weighted by Crippen LogP contribution is 2.34. The lowest BCUT2D eigenvalue weighted by Gasteiger charge is -2.44. The van der Waals surface area contributed by atoms with Crippen LogP contribution in [0.4, 0.5) is 0 Å². The van der Waals surface area contributed by atoms with Crippen LogP contribution in [0.1, 0.15) is 30.3 Å². The minimum atomic E-state index is 0.384. The quantitative estimate of drug-likeness (QED) is 0.868. The highest BCUT2D eigenvalue weighted by molar-refractivity contribution is 5.31. The number of methoxy groups -OCH3 is 1. The number of rotatable bonds is 3. The number of imidazole rings is 1. The third-order valence-electron chi connectivity index (χ3n) is 5.53. The Morgan fingerprint density at radius 3 is 2.83 bits per heavy atom. The van der Waals surface area contributed by atoms with E-state index in [1.165, 1.54) is 37.3 Å². The molecule has 2 aliphatic rings. The summed E-state index contributed by atoms with van der Waals surface area (Å²) in [6.07, 6.45) is 6.50. The number of ether oxygens (including phenoxy) is 1. The van der Waals surface area contributed by atoms with Crippen molar-refractivity contribution in [3.63, 3.8) is 0 Å². The molecule has 5 nitrogen and oxygen atoms in total. The minimum Gasteiger partial charge on any atom is -0.497 e. The molecule has 128 valence electrons. The van der Waals surface area contributed by atoms with Crippen LogP contribution in [-0.2, 0) is 13.1 Å². The first-order chi connectivity index (χ1) is 11.7. The van der Waals surface area contributed by atoms with Crippen LogP contribution < -0.4 is 4.74 Å². The van der Waals surface area contributed by atoms with Crippen molar-refractivity contribution < 1.29 is 4.74 Å². The Morgan fingerprint density at radius 2 is 2.04 bits per heavy atom. The van der Waals surface area contributed by atoms with Crippen molar-refractivity contribution in [2.75, 3.05) is 27.2 Å². The van der Waals surface area contributed by atoms with E-state index < -0.39 is 0 Å². The number of hydrogen-bond donors (Lipinski definition) is 0. The lowest BCUT2D eigenvalue weighted by molar-refractivity contribution is 0.0466. The second-order valence-corrected chi connectivity index (χ2v) is 7.00. The van der Waals surface area contributed by atoms with Gasteiger partial charge in [0.1, 0.15) is 11.6 Å². The summed E-state index contributed by atoms with van der Waals surface area (Å²) in [7, 11) is 3.96. The van der Waals surface area contributed by atoms with Crippen molar-refractivity contribution in [2.24, 2.45) is 0 Å². The number of benzene rings is 1. The lowest BCUT2D eigenvalue weighted by atomic mass is 9.96. The number of likely N-dealkylation sites (tertiary alicyclic amines) is 1. The van der Waals surface area contributed by atoms with Crippen molar-refractivity contribution in [2.45, 2.75) is 38.0 Å². The summed E-state index contributed by atoms with van der Waals surface area (Å²) in [4.78, 5) is 9.67. The number of hydrogen-bond acceptors (Lipinski definition) is 4. The van der Waals surface area contributed by atoms with Crippen LogP contribution >= 0.6 is 0 Å². The molecule has 1 aromatic carbocycles. The molecule has 0 radical (unpaired) electrons. The predicted octanol–water partition coefficient (Wildman–Crippen LogP) is 2.54. The molecule has 0 N–H and O–H groups in total. The van der Waals surface area contributed by atoms with Crippen LogP contribution in [0.2, 0.25) is 0 Å². The van der Waals surface area contributed by atoms with Gasteiger partial charge in [-0.15, -0.1) is 0 Å². The highest BCUT2D eigenvalue weighted by atomic mass is 16.5. The molecule has 5 heteroatoms. The summed E-state index contributed by atoms with van der Waals surface area (Å²) < 4.78 is 7.75. The number of fused-ring (bicyclic) bond motifs is 1. The summed E-state index contributed by atoms with van der Waals surface area (Å²) in [6.45, 7) is 4.26. The predicted molar refractivity (Wildman–Crippen MR) is 94.0 cm³/mol. The Labute approximate surface area is 143 Å². The molecule has 0 spiro atoms. The maximum atomic E-state index is 5.45. The molecule has 24 heavy (non-hydrogen) atoms. The van der Waals surface area contributed by atoms with Gasteiger partial charge in [-0.05, 0) is 50.7 Å². The zero-order valence-corrected chi connectivity index (χ0v) is 14.6. The van der Waals surface area contributed by atoms with E-state index >= 15 is 0 Å². The van der Waals surface area contributed by atoms with E-state index in [1.807, 2.05) is 12.3 Å². The Bertz CT molecular complexity index is 690. The fourth-order valence-electron chi connectivity index (χ4n) is 4.08. The minimum absolute atomic E-state index is 0.384. The zero-order chi connectivity index (χ0) is 16.5. The second-order valence-electron chi connectivity index (χ2n) is 7.00. The molecule has 1 fully saturated rings. The third-order valence-corrected chi connectivity index (χ3v) is 5.53. The molecule has 1 atom stereocenters. The van der Waals surface area contributed by atoms with Crippen LogP contribution in [0.25, 0.3) is 0 Å². The van der Waals surface area contributed by atoms with Crippen molar-refractivity contribution in [3.05, 3.63) is 48.0 Å². The fourth-order valence-corrected chi connectivity index (χ4v) is 4.08. The van der Waals surface area contributed by atoms with Crippen LogP contribution in [0.5, 0.6) is 5.75 Å². The Hall–Kier alpha value is -1.85. The highest BCUT2D eigenvalue weighted by Gasteiger charge is 2.34. The summed E-state index contributed by atoms with van der Waals surface area (Å²) in [5.41, 5.74) is 1.34. The Kier molecular flexibility index (Phi) is 4.29. The van der Waals surface area contributed by atoms with E-state index in [-0.39, 0.29) is 0 Å². The number of aromatic nitrogens is 2. The molecule has 4 rings (SSSR count). The molecule has 0 saturated carbocycles. The smallest absolute Gasteiger partial charge is 0.122 e. The van der Waals surface area contributed by atoms with E-state index in [4.69, 9.17) is 4.74 Å². The average molecular weight is 326 g/mol. The van der Waals surface area contributed by atoms with Gasteiger partial charge in [0.25, 0.3) is 0 Å². The lowest BCUT2D eigenvalue weighted by Crippen LogP contribution is -2.48. The Morgan fingerprint density at radius 1 is 1.21 bits per heavy atom. The average Bonchev–Trinajstić information content (AvgIpc) is 3.09. The number of nitrogens with zero attached hydrogens (tertiary/aromatic N) is 4. The first-order valence-corrected chi connectivity index (χ1v) is 8.83. The molecule has 1 aromatic heterocycles. The zero-order valence-electron chi connectivity index (χ0n) is 14.6. The first-order valence-electron chi connectivity index (χ1n) is 8.83. The molecule has 2 aromatic rings. The number of piperidine rings is 1. The standard InChI is InChI=1S/C19H26N4O/c1-21-9-6-16(7-10-21)23-14-19-20-8-11-22(19)13-18(23)15-4-3-5-17(12-15)24-2/h3-5,8,11-12,16,18H,6-7,9-10,13-14H2,1-2H3/t18-/m1/s1. The second kappa shape index (κ2) is 6.57. The fraction of sp³-hybridized carbons (Fsp3) is 0.526. The van der Waals surface area contributed by atoms with Gasteiger partial charge in [0, 0.05) is 25.0 Å². The first kappa shape index (κ1) is 15.7. The van der Waals surface area contributed by atoms with Gasteiger partial charge in [-0.25, -0.2) is 4.98 Å². The molecule has 0 amide bonds. The normalized spacial score (nSPS) is 23.2. The topological polar surface area (TPSA) is 33.5 Å². The van der Waals surface area contributed by atoms with Gasteiger partial charge < -0.3 is 14.2 Å². The van der Waals surface area contributed by atoms with Crippen LogP contribution in [0, 0.1) is 0 Å². The Balaban J connectivity index is 1.65. The van der Waals surface area contributed by atoms with Gasteiger partial charge in [-0.3, -0.25) is 4.90 Å². The molecule has 0 bridgehead atoms. The monoisotopic (exact) mass is 326 g/mol. The van der Waals surface area contributed by atoms with E-state index in [0.29, 0.717) is 12.1 Å². The van der Waals surface area contributed by atoms with E-state index in [2.05, 4.69) is 50.8 Å². The van der Waals surface area contributed by atoms with Crippen molar-refractivity contribution >= 4 is 0 Å². The maximum Gasteiger partial charge on any atom is 0.122 e. The molecular weight excluding hydrogens is 300 g/mol. The summed E-state index contributed by atoms with van der Waals surface area (Å²) >= 11 is 0. The van der Waals surface area contributed by atoms with Crippen LogP contribution in [-0.4, -0.2) is 52.6 Å². The van der Waals surface area contributed by atoms with Gasteiger partial charge in [-0.2, -0.15) is 0 Å². The van der Waals surface area contributed by atoms with Gasteiger partial charge >= 0.3 is 0 Å². The van der Waals surface area contributed by atoms with Crippen LogP contribution in [0.15, 0.2) is 36.7 Å². The van der Waals surface area contributed by atoms with E-state index in [0.717, 1.165) is 18.8 Å². The molecule has 0 unspecified atom stereocenters. The van der Waals surface area contributed by atoms with Crippen molar-refractivity contribution in [3.8, 4) is 5.75 Å². The van der Waals surface area contributed by atoms with E-state index in [1.54, 1.807) is 7.11 Å². The van der Waals surface area contributed by atoms with Gasteiger partial charge in [0.15, 0.2) is 0 Å². The SMILES string of the molecule is COc1cccc([C@H]2Cn3ccnc3CN2C2CCN(C)CC2)c1. The van der Waals surface area contributed by atoms with Crippen molar-refractivity contribution in [1.29, 1.82) is 0 Å². The van der Waals surface area contributed by atoms with E-state index in [9.17, 15) is 0 Å². The molecule has 1 saturated heterocycles. The van der Waals surface area contributed by atoms with Crippen molar-refractivity contribution in [1.82, 2.24) is 19.4 Å². The largest absolute Gasteiger partial charge is 0.497 e. The molecule has 0 aliphatic carbocycles. The van der Waals surface area contributed by atoms with Gasteiger partial charge in [0.05, 0.1) is 19.7 Å². The summed E-state index contributed by atoms with van der Waals surface area (Å²) in [5.74, 6) is 2.13. The van der Waals surface area contributed by atoms with Gasteiger partial charge in [0.2, 0.25) is 0 Å².